The molecule has 3 aromatic rings. The molecule has 1 aromatic heterocycles. The summed E-state index contributed by atoms with van der Waals surface area (Å²) in [6.45, 7) is 7.42. The lowest BCUT2D eigenvalue weighted by molar-refractivity contribution is -0.904. The Labute approximate surface area is 181 Å². The van der Waals surface area contributed by atoms with Crippen LogP contribution in [0.25, 0.3) is 10.9 Å². The van der Waals surface area contributed by atoms with E-state index in [-0.39, 0.29) is 18.0 Å². The number of nitrogens with one attached hydrogen (secondary N) is 3. The minimum absolute atomic E-state index is 0.0883. The Kier molecular flexibility index (Phi) is 6.91. The van der Waals surface area contributed by atoms with Crippen LogP contribution in [-0.4, -0.2) is 43.2 Å². The van der Waals surface area contributed by atoms with E-state index < -0.39 is 0 Å². The molecule has 0 spiro atoms. The molecule has 0 radical (unpaired) electrons. The van der Waals surface area contributed by atoms with Crippen LogP contribution in [0.4, 0.5) is 5.69 Å². The highest BCUT2D eigenvalue weighted by Crippen LogP contribution is 2.29. The molecule has 2 aromatic carbocycles. The van der Waals surface area contributed by atoms with Crippen LogP contribution in [0, 0.1) is 13.8 Å². The van der Waals surface area contributed by atoms with Crippen molar-refractivity contribution in [1.82, 2.24) is 9.97 Å². The van der Waals surface area contributed by atoms with Crippen molar-refractivity contribution in [2.45, 2.75) is 27.3 Å². The Morgan fingerprint density at radius 2 is 1.81 bits per heavy atom. The predicted octanol–water partition coefficient (Wildman–Crippen LogP) is 1.60. The highest BCUT2D eigenvalue weighted by molar-refractivity contribution is 5.91. The van der Waals surface area contributed by atoms with Crippen molar-refractivity contribution in [2.75, 3.05) is 32.6 Å². The van der Waals surface area contributed by atoms with Crippen LogP contribution in [0.1, 0.15) is 23.9 Å². The van der Waals surface area contributed by atoms with Gasteiger partial charge in [-0.3, -0.25) is 9.59 Å². The fraction of sp³-hybridized carbons (Fsp3) is 0.348. The van der Waals surface area contributed by atoms with Crippen LogP contribution in [0.15, 0.2) is 35.1 Å². The molecule has 1 amide bonds. The van der Waals surface area contributed by atoms with Gasteiger partial charge in [-0.25, -0.2) is 4.98 Å². The second-order valence-corrected chi connectivity index (χ2v) is 7.54. The summed E-state index contributed by atoms with van der Waals surface area (Å²) in [6.07, 6.45) is 0. The molecule has 164 valence electrons. The molecule has 3 rings (SSSR count). The van der Waals surface area contributed by atoms with Crippen LogP contribution in [-0.2, 0) is 11.3 Å². The summed E-state index contributed by atoms with van der Waals surface area (Å²) in [5, 5.41) is 3.37. The molecule has 0 aliphatic rings. The summed E-state index contributed by atoms with van der Waals surface area (Å²) in [6, 6.07) is 9.15. The Bertz CT molecular complexity index is 1160. The minimum Gasteiger partial charge on any atom is -0.493 e. The van der Waals surface area contributed by atoms with Crippen LogP contribution in [0.5, 0.6) is 11.5 Å². The van der Waals surface area contributed by atoms with E-state index in [2.05, 4.69) is 15.3 Å². The lowest BCUT2D eigenvalue weighted by Crippen LogP contribution is -3.11. The van der Waals surface area contributed by atoms with E-state index in [9.17, 15) is 9.59 Å². The third kappa shape index (κ3) is 5.21. The summed E-state index contributed by atoms with van der Waals surface area (Å²) in [7, 11) is 3.06. The van der Waals surface area contributed by atoms with Crippen LogP contribution >= 0.6 is 0 Å². The first kappa shape index (κ1) is 22.3. The topological polar surface area (TPSA) is 97.8 Å². The SMILES string of the molecule is CC[NH+](CC(=O)Nc1ccc(C)c(C)c1)Cc1nc2cc(OC)c(OC)cc2c(=O)[nH]1. The number of carbonyl (C=O) groups is 1. The highest BCUT2D eigenvalue weighted by Gasteiger charge is 2.17. The number of fused-ring (bicyclic) bond motifs is 1. The van der Waals surface area contributed by atoms with Gasteiger partial charge in [-0.05, 0) is 50.1 Å². The number of amides is 1. The fourth-order valence-electron chi connectivity index (χ4n) is 3.40. The van der Waals surface area contributed by atoms with E-state index in [1.54, 1.807) is 12.1 Å². The summed E-state index contributed by atoms with van der Waals surface area (Å²) in [5.74, 6) is 1.40. The highest BCUT2D eigenvalue weighted by atomic mass is 16.5. The molecule has 3 N–H and O–H groups in total. The van der Waals surface area contributed by atoms with Gasteiger partial charge in [0.1, 0.15) is 6.54 Å². The number of ether oxygens (including phenoxy) is 2. The number of methoxy groups -OCH3 is 2. The largest absolute Gasteiger partial charge is 0.493 e. The number of benzene rings is 2. The van der Waals surface area contributed by atoms with E-state index in [0.717, 1.165) is 16.2 Å². The lowest BCUT2D eigenvalue weighted by atomic mass is 10.1. The molecule has 0 aliphatic carbocycles. The number of hydrogen-bond donors (Lipinski definition) is 3. The number of aryl methyl sites for hydroxylation is 2. The summed E-state index contributed by atoms with van der Waals surface area (Å²) >= 11 is 0. The zero-order valence-electron chi connectivity index (χ0n) is 18.6. The zero-order valence-corrected chi connectivity index (χ0v) is 18.6. The van der Waals surface area contributed by atoms with Crippen molar-refractivity contribution in [2.24, 2.45) is 0 Å². The molecule has 0 fully saturated rings. The molecule has 0 bridgehead atoms. The Morgan fingerprint density at radius 3 is 2.45 bits per heavy atom. The maximum atomic E-state index is 12.6. The van der Waals surface area contributed by atoms with Gasteiger partial charge < -0.3 is 24.7 Å². The number of likely N-dealkylation sites (N-methyl/N-ethyl adjacent to an activating group) is 1. The van der Waals surface area contributed by atoms with Crippen molar-refractivity contribution in [3.63, 3.8) is 0 Å². The van der Waals surface area contributed by atoms with Gasteiger partial charge in [0.05, 0.1) is 31.7 Å². The van der Waals surface area contributed by atoms with Gasteiger partial charge in [-0.2, -0.15) is 0 Å². The normalized spacial score (nSPS) is 11.9. The number of aromatic amines is 1. The van der Waals surface area contributed by atoms with Gasteiger partial charge in [0.15, 0.2) is 23.9 Å². The predicted molar refractivity (Wildman–Crippen MR) is 120 cm³/mol. The summed E-state index contributed by atoms with van der Waals surface area (Å²) < 4.78 is 10.6. The number of H-pyrrole nitrogens is 1. The number of nitrogens with zero attached hydrogens (tertiary/aromatic N) is 1. The quantitative estimate of drug-likeness (QED) is 0.509. The van der Waals surface area contributed by atoms with Gasteiger partial charge in [-0.1, -0.05) is 6.07 Å². The Morgan fingerprint density at radius 1 is 1.10 bits per heavy atom. The third-order valence-corrected chi connectivity index (χ3v) is 5.38. The van der Waals surface area contributed by atoms with E-state index in [4.69, 9.17) is 9.47 Å². The Hall–Kier alpha value is -3.39. The van der Waals surface area contributed by atoms with Crippen molar-refractivity contribution in [3.05, 3.63) is 57.6 Å². The molecule has 8 nitrogen and oxygen atoms in total. The first-order valence-corrected chi connectivity index (χ1v) is 10.2. The average molecular weight is 426 g/mol. The minimum atomic E-state index is -0.254. The first-order chi connectivity index (χ1) is 14.8. The molecular weight excluding hydrogens is 396 g/mol. The van der Waals surface area contributed by atoms with Crippen molar-refractivity contribution >= 4 is 22.5 Å². The number of anilines is 1. The number of hydrogen-bond acceptors (Lipinski definition) is 5. The summed E-state index contributed by atoms with van der Waals surface area (Å²) in [4.78, 5) is 33.5. The molecule has 0 saturated carbocycles. The van der Waals surface area contributed by atoms with Crippen LogP contribution in [0.2, 0.25) is 0 Å². The molecule has 31 heavy (non-hydrogen) atoms. The van der Waals surface area contributed by atoms with Crippen molar-refractivity contribution in [3.8, 4) is 11.5 Å². The second kappa shape index (κ2) is 9.61. The number of rotatable bonds is 8. The monoisotopic (exact) mass is 425 g/mol. The molecule has 0 aliphatic heterocycles. The second-order valence-electron chi connectivity index (χ2n) is 7.54. The Balaban J connectivity index is 1.76. The number of aromatic nitrogens is 2. The van der Waals surface area contributed by atoms with Crippen LogP contribution in [0.3, 0.4) is 0 Å². The first-order valence-electron chi connectivity index (χ1n) is 10.2. The molecule has 0 saturated heterocycles. The van der Waals surface area contributed by atoms with Gasteiger partial charge in [0, 0.05) is 11.8 Å². The third-order valence-electron chi connectivity index (χ3n) is 5.38. The number of carbonyl (C=O) groups excluding carboxylic acids is 1. The zero-order chi connectivity index (χ0) is 22.5. The van der Waals surface area contributed by atoms with Gasteiger partial charge in [0.25, 0.3) is 11.5 Å². The molecule has 8 heteroatoms. The van der Waals surface area contributed by atoms with Crippen molar-refractivity contribution in [1.29, 1.82) is 0 Å². The van der Waals surface area contributed by atoms with E-state index in [1.807, 2.05) is 39.0 Å². The molecule has 1 atom stereocenters. The van der Waals surface area contributed by atoms with E-state index in [0.29, 0.717) is 41.3 Å². The van der Waals surface area contributed by atoms with Crippen molar-refractivity contribution < 1.29 is 19.2 Å². The van der Waals surface area contributed by atoms with E-state index in [1.165, 1.54) is 19.8 Å². The maximum Gasteiger partial charge on any atom is 0.279 e. The fourth-order valence-corrected chi connectivity index (χ4v) is 3.40. The van der Waals surface area contributed by atoms with Gasteiger partial charge in [0.2, 0.25) is 0 Å². The smallest absolute Gasteiger partial charge is 0.279 e. The van der Waals surface area contributed by atoms with E-state index >= 15 is 0 Å². The standard InChI is InChI=1S/C23H28N4O4/c1-6-27(13-22(28)24-16-8-7-14(2)15(3)9-16)12-21-25-18-11-20(31-5)19(30-4)10-17(18)23(29)26-21/h7-11H,6,12-13H2,1-5H3,(H,24,28)(H,25,26,29)/p+1. The molecular formula is C23H29N4O4+. The summed E-state index contributed by atoms with van der Waals surface area (Å²) in [5.41, 5.74) is 3.35. The average Bonchev–Trinajstić information content (AvgIpc) is 2.75. The number of quaternary nitrogens is 1. The lowest BCUT2D eigenvalue weighted by Gasteiger charge is -2.17. The molecule has 1 unspecified atom stereocenters. The maximum absolute atomic E-state index is 12.6. The van der Waals surface area contributed by atoms with Crippen LogP contribution < -0.4 is 25.2 Å². The van der Waals surface area contributed by atoms with Gasteiger partial charge >= 0.3 is 0 Å². The molecule has 1 heterocycles. The van der Waals surface area contributed by atoms with Gasteiger partial charge in [-0.15, -0.1) is 0 Å².